The van der Waals surface area contributed by atoms with E-state index in [0.717, 1.165) is 16.8 Å². The van der Waals surface area contributed by atoms with E-state index >= 15 is 0 Å². The van der Waals surface area contributed by atoms with Crippen molar-refractivity contribution in [1.82, 2.24) is 14.8 Å². The molecule has 2 heterocycles. The summed E-state index contributed by atoms with van der Waals surface area (Å²) >= 11 is 0. The Labute approximate surface area is 134 Å². The average molecular weight is 306 g/mol. The molecule has 1 amide bonds. The summed E-state index contributed by atoms with van der Waals surface area (Å²) in [6, 6.07) is 11.7. The number of pyridine rings is 1. The number of amides is 1. The van der Waals surface area contributed by atoms with Gasteiger partial charge in [0.15, 0.2) is 0 Å². The molecule has 0 radical (unpaired) electrons. The quantitative estimate of drug-likeness (QED) is 0.597. The molecule has 0 spiro atoms. The zero-order valence-corrected chi connectivity index (χ0v) is 13.4. The standard InChI is InChI=1S/C18H18N4O/c1-12-7-8-15(13(2)10-12)11-19-21-18(23)17-14(3)20-16-6-4-5-9-22(16)17/h4-11H,1-3H3,(H,21,23)/b19-11+. The number of carbonyl (C=O) groups excluding carboxylic acids is 1. The number of aryl methyl sites for hydroxylation is 3. The molecule has 2 aromatic heterocycles. The smallest absolute Gasteiger partial charge is 0.290 e. The van der Waals surface area contributed by atoms with Gasteiger partial charge in [-0.2, -0.15) is 5.10 Å². The van der Waals surface area contributed by atoms with Gasteiger partial charge in [-0.15, -0.1) is 0 Å². The van der Waals surface area contributed by atoms with Crippen LogP contribution in [0.25, 0.3) is 5.65 Å². The molecule has 5 heteroatoms. The van der Waals surface area contributed by atoms with E-state index in [1.807, 2.05) is 57.3 Å². The summed E-state index contributed by atoms with van der Waals surface area (Å²) < 4.78 is 1.76. The highest BCUT2D eigenvalue weighted by atomic mass is 16.2. The van der Waals surface area contributed by atoms with Gasteiger partial charge in [0.2, 0.25) is 0 Å². The number of benzene rings is 1. The predicted octanol–water partition coefficient (Wildman–Crippen LogP) is 3.02. The van der Waals surface area contributed by atoms with E-state index in [0.29, 0.717) is 11.4 Å². The Morgan fingerprint density at radius 2 is 2.04 bits per heavy atom. The first kappa shape index (κ1) is 15.0. The molecule has 5 nitrogen and oxygen atoms in total. The van der Waals surface area contributed by atoms with Gasteiger partial charge in [-0.1, -0.05) is 29.8 Å². The highest BCUT2D eigenvalue weighted by Crippen LogP contribution is 2.11. The van der Waals surface area contributed by atoms with Gasteiger partial charge in [-0.25, -0.2) is 10.4 Å². The van der Waals surface area contributed by atoms with Crippen LogP contribution in [-0.4, -0.2) is 21.5 Å². The Kier molecular flexibility index (Phi) is 3.93. The monoisotopic (exact) mass is 306 g/mol. The SMILES string of the molecule is Cc1ccc(/C=N/NC(=O)c2c(C)nc3ccccn23)c(C)c1. The van der Waals surface area contributed by atoms with E-state index in [-0.39, 0.29) is 5.91 Å². The second-order valence-electron chi connectivity index (χ2n) is 5.53. The summed E-state index contributed by atoms with van der Waals surface area (Å²) in [7, 11) is 0. The molecule has 3 rings (SSSR count). The Morgan fingerprint density at radius 3 is 2.83 bits per heavy atom. The van der Waals surface area contributed by atoms with Gasteiger partial charge >= 0.3 is 0 Å². The first-order valence-electron chi connectivity index (χ1n) is 7.40. The zero-order chi connectivity index (χ0) is 16.4. The van der Waals surface area contributed by atoms with E-state index in [2.05, 4.69) is 21.6 Å². The van der Waals surface area contributed by atoms with Crippen molar-refractivity contribution in [2.75, 3.05) is 0 Å². The molecular formula is C18H18N4O. The number of hydrogen-bond acceptors (Lipinski definition) is 3. The molecule has 116 valence electrons. The molecule has 0 saturated heterocycles. The van der Waals surface area contributed by atoms with Crippen molar-refractivity contribution in [2.45, 2.75) is 20.8 Å². The number of aromatic nitrogens is 2. The number of hydrazone groups is 1. The fourth-order valence-corrected chi connectivity index (χ4v) is 2.57. The van der Waals surface area contributed by atoms with Crippen molar-refractivity contribution in [1.29, 1.82) is 0 Å². The second kappa shape index (κ2) is 6.04. The van der Waals surface area contributed by atoms with Crippen LogP contribution in [0.1, 0.15) is 32.9 Å². The van der Waals surface area contributed by atoms with Crippen LogP contribution in [0.15, 0.2) is 47.7 Å². The van der Waals surface area contributed by atoms with E-state index < -0.39 is 0 Å². The summed E-state index contributed by atoms with van der Waals surface area (Å²) in [5.41, 5.74) is 7.79. The van der Waals surface area contributed by atoms with Crippen LogP contribution in [0.5, 0.6) is 0 Å². The van der Waals surface area contributed by atoms with Gasteiger partial charge < -0.3 is 0 Å². The van der Waals surface area contributed by atoms with E-state index in [4.69, 9.17) is 0 Å². The number of nitrogens with one attached hydrogen (secondary N) is 1. The fraction of sp³-hybridized carbons (Fsp3) is 0.167. The van der Waals surface area contributed by atoms with Crippen LogP contribution >= 0.6 is 0 Å². The van der Waals surface area contributed by atoms with Crippen LogP contribution in [0, 0.1) is 20.8 Å². The van der Waals surface area contributed by atoms with Crippen LogP contribution in [0.4, 0.5) is 0 Å². The molecule has 0 aliphatic rings. The maximum absolute atomic E-state index is 12.4. The summed E-state index contributed by atoms with van der Waals surface area (Å²) in [5.74, 6) is -0.276. The van der Waals surface area contributed by atoms with Crippen molar-refractivity contribution in [3.63, 3.8) is 0 Å². The van der Waals surface area contributed by atoms with Crippen molar-refractivity contribution in [3.8, 4) is 0 Å². The number of imidazole rings is 1. The van der Waals surface area contributed by atoms with Gasteiger partial charge in [-0.3, -0.25) is 9.20 Å². The second-order valence-corrected chi connectivity index (χ2v) is 5.53. The molecule has 23 heavy (non-hydrogen) atoms. The Balaban J connectivity index is 1.81. The average Bonchev–Trinajstić information content (AvgIpc) is 2.85. The third-order valence-corrected chi connectivity index (χ3v) is 3.71. The third kappa shape index (κ3) is 2.99. The molecule has 1 N–H and O–H groups in total. The number of hydrogen-bond donors (Lipinski definition) is 1. The number of carbonyl (C=O) groups is 1. The number of fused-ring (bicyclic) bond motifs is 1. The van der Waals surface area contributed by atoms with Crippen LogP contribution in [-0.2, 0) is 0 Å². The first-order chi connectivity index (χ1) is 11.1. The number of rotatable bonds is 3. The van der Waals surface area contributed by atoms with E-state index in [1.54, 1.807) is 10.6 Å². The molecule has 1 aromatic carbocycles. The van der Waals surface area contributed by atoms with E-state index in [9.17, 15) is 4.79 Å². The molecule has 0 fully saturated rings. The fourth-order valence-electron chi connectivity index (χ4n) is 2.57. The number of nitrogens with zero attached hydrogens (tertiary/aromatic N) is 3. The lowest BCUT2D eigenvalue weighted by Gasteiger charge is -2.03. The van der Waals surface area contributed by atoms with Crippen molar-refractivity contribution >= 4 is 17.8 Å². The van der Waals surface area contributed by atoms with Gasteiger partial charge in [0, 0.05) is 6.20 Å². The highest BCUT2D eigenvalue weighted by molar-refractivity contribution is 5.95. The van der Waals surface area contributed by atoms with E-state index in [1.165, 1.54) is 5.56 Å². The summed E-state index contributed by atoms with van der Waals surface area (Å²) in [6.07, 6.45) is 3.48. The molecular weight excluding hydrogens is 288 g/mol. The molecule has 0 atom stereocenters. The van der Waals surface area contributed by atoms with Crippen LogP contribution in [0.2, 0.25) is 0 Å². The predicted molar refractivity (Wildman–Crippen MR) is 90.9 cm³/mol. The maximum Gasteiger partial charge on any atom is 0.290 e. The molecule has 0 aliphatic heterocycles. The molecule has 0 saturated carbocycles. The molecule has 0 aliphatic carbocycles. The first-order valence-corrected chi connectivity index (χ1v) is 7.40. The van der Waals surface area contributed by atoms with Gasteiger partial charge in [0.1, 0.15) is 11.3 Å². The Morgan fingerprint density at radius 1 is 1.22 bits per heavy atom. The molecule has 3 aromatic rings. The molecule has 0 bridgehead atoms. The largest absolute Gasteiger partial charge is 0.295 e. The third-order valence-electron chi connectivity index (χ3n) is 3.71. The highest BCUT2D eigenvalue weighted by Gasteiger charge is 2.15. The summed E-state index contributed by atoms with van der Waals surface area (Å²) in [4.78, 5) is 16.8. The van der Waals surface area contributed by atoms with Crippen molar-refractivity contribution in [2.24, 2.45) is 5.10 Å². The summed E-state index contributed by atoms with van der Waals surface area (Å²) in [6.45, 7) is 5.88. The van der Waals surface area contributed by atoms with Crippen LogP contribution < -0.4 is 5.43 Å². The lowest BCUT2D eigenvalue weighted by Crippen LogP contribution is -2.20. The van der Waals surface area contributed by atoms with Crippen LogP contribution in [0.3, 0.4) is 0 Å². The minimum atomic E-state index is -0.276. The van der Waals surface area contributed by atoms with Gasteiger partial charge in [-0.05, 0) is 44.0 Å². The molecule has 0 unspecified atom stereocenters. The lowest BCUT2D eigenvalue weighted by atomic mass is 10.1. The minimum absolute atomic E-state index is 0.276. The zero-order valence-electron chi connectivity index (χ0n) is 13.4. The maximum atomic E-state index is 12.4. The lowest BCUT2D eigenvalue weighted by molar-refractivity contribution is 0.0948. The Bertz CT molecular complexity index is 909. The van der Waals surface area contributed by atoms with Crippen molar-refractivity contribution in [3.05, 3.63) is 70.7 Å². The van der Waals surface area contributed by atoms with Gasteiger partial charge in [0.25, 0.3) is 5.91 Å². The summed E-state index contributed by atoms with van der Waals surface area (Å²) in [5, 5.41) is 4.07. The minimum Gasteiger partial charge on any atom is -0.295 e. The topological polar surface area (TPSA) is 58.8 Å². The van der Waals surface area contributed by atoms with Crippen molar-refractivity contribution < 1.29 is 4.79 Å². The van der Waals surface area contributed by atoms with Gasteiger partial charge in [0.05, 0.1) is 11.9 Å². The normalized spacial score (nSPS) is 11.3. The Hall–Kier alpha value is -2.95.